The highest BCUT2D eigenvalue weighted by Crippen LogP contribution is 2.35. The molecule has 0 radical (unpaired) electrons. The lowest BCUT2D eigenvalue weighted by Crippen LogP contribution is -2.40. The Labute approximate surface area is 198 Å². The number of thiazole rings is 1. The first-order valence-electron chi connectivity index (χ1n) is 10.2. The highest BCUT2D eigenvalue weighted by molar-refractivity contribution is 7.07. The maximum Gasteiger partial charge on any atom is 0.338 e. The van der Waals surface area contributed by atoms with Gasteiger partial charge in [-0.15, -0.1) is 0 Å². The molecule has 4 rings (SSSR count). The zero-order chi connectivity index (χ0) is 23.7. The molecule has 1 N–H and O–H groups in total. The maximum absolute atomic E-state index is 13.6. The molecule has 0 spiro atoms. The van der Waals surface area contributed by atoms with Crippen molar-refractivity contribution in [2.45, 2.75) is 19.9 Å². The lowest BCUT2D eigenvalue weighted by Gasteiger charge is -2.25. The van der Waals surface area contributed by atoms with Gasteiger partial charge in [-0.2, -0.15) is 0 Å². The van der Waals surface area contributed by atoms with Crippen molar-refractivity contribution in [1.29, 1.82) is 0 Å². The van der Waals surface area contributed by atoms with Crippen LogP contribution < -0.4 is 19.6 Å². The molecule has 1 aromatic heterocycles. The summed E-state index contributed by atoms with van der Waals surface area (Å²) in [4.78, 5) is 31.5. The van der Waals surface area contributed by atoms with Gasteiger partial charge < -0.3 is 14.6 Å². The molecule has 170 valence electrons. The summed E-state index contributed by atoms with van der Waals surface area (Å²) in [7, 11) is 1.53. The van der Waals surface area contributed by atoms with Crippen molar-refractivity contribution in [3.05, 3.63) is 89.6 Å². The Morgan fingerprint density at radius 1 is 1.30 bits per heavy atom. The predicted molar refractivity (Wildman–Crippen MR) is 127 cm³/mol. The number of phenols is 1. The number of benzene rings is 2. The van der Waals surface area contributed by atoms with Gasteiger partial charge in [0, 0.05) is 16.1 Å². The normalized spacial score (nSPS) is 15.8. The third-order valence-corrected chi connectivity index (χ3v) is 6.44. The molecule has 33 heavy (non-hydrogen) atoms. The van der Waals surface area contributed by atoms with E-state index in [1.165, 1.54) is 17.7 Å². The third-order valence-electron chi connectivity index (χ3n) is 5.23. The van der Waals surface area contributed by atoms with Gasteiger partial charge in [0.05, 0.1) is 29.5 Å². The molecule has 9 heteroatoms. The van der Waals surface area contributed by atoms with E-state index in [9.17, 15) is 14.7 Å². The first-order valence-corrected chi connectivity index (χ1v) is 11.4. The number of aromatic nitrogens is 1. The zero-order valence-electron chi connectivity index (χ0n) is 18.2. The minimum atomic E-state index is -0.786. The summed E-state index contributed by atoms with van der Waals surface area (Å²) >= 11 is 7.22. The third kappa shape index (κ3) is 4.19. The highest BCUT2D eigenvalue weighted by Gasteiger charge is 2.34. The summed E-state index contributed by atoms with van der Waals surface area (Å²) in [6.45, 7) is 3.62. The molecule has 0 fully saturated rings. The van der Waals surface area contributed by atoms with Crippen molar-refractivity contribution in [3.8, 4) is 11.5 Å². The van der Waals surface area contributed by atoms with Crippen molar-refractivity contribution in [2.75, 3.05) is 13.7 Å². The number of ether oxygens (including phenoxy) is 2. The second-order valence-corrected chi connectivity index (χ2v) is 8.69. The number of hydrogen-bond donors (Lipinski definition) is 1. The van der Waals surface area contributed by atoms with Crippen LogP contribution in [-0.2, 0) is 9.53 Å². The van der Waals surface area contributed by atoms with Gasteiger partial charge >= 0.3 is 5.97 Å². The van der Waals surface area contributed by atoms with Crippen molar-refractivity contribution in [3.63, 3.8) is 0 Å². The van der Waals surface area contributed by atoms with Gasteiger partial charge in [0.25, 0.3) is 5.56 Å². The van der Waals surface area contributed by atoms with Crippen molar-refractivity contribution in [2.24, 2.45) is 4.99 Å². The van der Waals surface area contributed by atoms with E-state index in [-0.39, 0.29) is 23.5 Å². The van der Waals surface area contributed by atoms with Crippen LogP contribution in [0, 0.1) is 0 Å². The summed E-state index contributed by atoms with van der Waals surface area (Å²) in [5, 5.41) is 10.6. The lowest BCUT2D eigenvalue weighted by molar-refractivity contribution is -0.139. The van der Waals surface area contributed by atoms with Crippen LogP contribution in [0.1, 0.15) is 31.0 Å². The Morgan fingerprint density at radius 3 is 2.79 bits per heavy atom. The number of aromatic hydroxyl groups is 1. The van der Waals surface area contributed by atoms with Gasteiger partial charge in [-0.1, -0.05) is 41.1 Å². The van der Waals surface area contributed by atoms with Crippen molar-refractivity contribution in [1.82, 2.24) is 4.57 Å². The largest absolute Gasteiger partial charge is 0.507 e. The number of phenolic OH excluding ortho intramolecular Hbond substituents is 1. The van der Waals surface area contributed by atoms with E-state index >= 15 is 0 Å². The fourth-order valence-corrected chi connectivity index (χ4v) is 4.98. The summed E-state index contributed by atoms with van der Waals surface area (Å²) in [6.07, 6.45) is 1.56. The smallest absolute Gasteiger partial charge is 0.338 e. The molecule has 0 bridgehead atoms. The predicted octanol–water partition coefficient (Wildman–Crippen LogP) is 3.17. The summed E-state index contributed by atoms with van der Waals surface area (Å²) in [5.41, 5.74) is 1.41. The fourth-order valence-electron chi connectivity index (χ4n) is 3.76. The SMILES string of the molecule is CCOC(=O)C1=C(C)N=c2sc(=Cc3cc(Cl)ccc3O)c(=O)n2C1c1ccccc1OC. The Kier molecular flexibility index (Phi) is 6.40. The number of esters is 1. The molecule has 0 saturated carbocycles. The first-order chi connectivity index (χ1) is 15.8. The summed E-state index contributed by atoms with van der Waals surface area (Å²) in [6, 6.07) is 11.0. The van der Waals surface area contributed by atoms with Crippen LogP contribution in [0.15, 0.2) is 63.5 Å². The number of allylic oxidation sites excluding steroid dienone is 1. The average molecular weight is 485 g/mol. The van der Waals surface area contributed by atoms with Crippen LogP contribution >= 0.6 is 22.9 Å². The van der Waals surface area contributed by atoms with E-state index in [0.29, 0.717) is 36.9 Å². The van der Waals surface area contributed by atoms with E-state index in [1.54, 1.807) is 44.2 Å². The van der Waals surface area contributed by atoms with Crippen LogP contribution in [0.4, 0.5) is 0 Å². The van der Waals surface area contributed by atoms with Crippen LogP contribution in [-0.4, -0.2) is 29.4 Å². The minimum absolute atomic E-state index is 0.00472. The van der Waals surface area contributed by atoms with Gasteiger partial charge in [-0.25, -0.2) is 9.79 Å². The molecule has 0 saturated heterocycles. The molecule has 7 nitrogen and oxygen atoms in total. The number of hydrogen-bond acceptors (Lipinski definition) is 7. The molecule has 3 aromatic rings. The standard InChI is InChI=1S/C24H21ClN2O5S/c1-4-32-23(30)20-13(2)26-24-27(21(20)16-7-5-6-8-18(16)31-3)22(29)19(33-24)12-14-11-15(25)9-10-17(14)28/h5-12,21,28H,4H2,1-3H3. The average Bonchev–Trinajstić information content (AvgIpc) is 3.10. The molecule has 1 unspecified atom stereocenters. The molecule has 1 atom stereocenters. The number of halogens is 1. The molecule has 2 aromatic carbocycles. The Balaban J connectivity index is 2.01. The number of carbonyl (C=O) groups is 1. The second kappa shape index (κ2) is 9.25. The van der Waals surface area contributed by atoms with Gasteiger partial charge in [0.15, 0.2) is 4.80 Å². The van der Waals surface area contributed by atoms with Gasteiger partial charge in [-0.05, 0) is 44.2 Å². The number of nitrogens with zero attached hydrogens (tertiary/aromatic N) is 2. The number of fused-ring (bicyclic) bond motifs is 1. The number of para-hydroxylation sites is 1. The fraction of sp³-hybridized carbons (Fsp3) is 0.208. The maximum atomic E-state index is 13.6. The van der Waals surface area contributed by atoms with Crippen molar-refractivity contribution < 1.29 is 19.4 Å². The molecule has 0 aliphatic carbocycles. The van der Waals surface area contributed by atoms with Crippen LogP contribution in [0.2, 0.25) is 5.02 Å². The van der Waals surface area contributed by atoms with E-state index in [4.69, 9.17) is 21.1 Å². The van der Waals surface area contributed by atoms with E-state index in [0.717, 1.165) is 11.3 Å². The first kappa shape index (κ1) is 22.8. The molecule has 1 aliphatic rings. The number of carbonyl (C=O) groups excluding carboxylic acids is 1. The van der Waals surface area contributed by atoms with Crippen LogP contribution in [0.3, 0.4) is 0 Å². The Morgan fingerprint density at radius 2 is 2.06 bits per heavy atom. The summed E-state index contributed by atoms with van der Waals surface area (Å²) in [5.74, 6) is -0.0209. The number of rotatable bonds is 5. The quantitative estimate of drug-likeness (QED) is 0.562. The van der Waals surface area contributed by atoms with Crippen molar-refractivity contribution >= 4 is 35.0 Å². The Hall–Kier alpha value is -3.36. The highest BCUT2D eigenvalue weighted by atomic mass is 35.5. The zero-order valence-corrected chi connectivity index (χ0v) is 19.7. The molecular formula is C24H21ClN2O5S. The monoisotopic (exact) mass is 484 g/mol. The molecular weight excluding hydrogens is 464 g/mol. The van der Waals surface area contributed by atoms with E-state index in [1.807, 2.05) is 12.1 Å². The number of methoxy groups -OCH3 is 1. The minimum Gasteiger partial charge on any atom is -0.507 e. The van der Waals surface area contributed by atoms with Gasteiger partial charge in [0.2, 0.25) is 0 Å². The van der Waals surface area contributed by atoms with E-state index in [2.05, 4.69) is 4.99 Å². The Bertz CT molecular complexity index is 1450. The van der Waals surface area contributed by atoms with Gasteiger partial charge in [-0.3, -0.25) is 9.36 Å². The van der Waals surface area contributed by atoms with Crippen LogP contribution in [0.5, 0.6) is 11.5 Å². The lowest BCUT2D eigenvalue weighted by atomic mass is 9.95. The van der Waals surface area contributed by atoms with E-state index < -0.39 is 12.0 Å². The van der Waals surface area contributed by atoms with Gasteiger partial charge in [0.1, 0.15) is 17.5 Å². The molecule has 0 amide bonds. The second-order valence-electron chi connectivity index (χ2n) is 7.25. The topological polar surface area (TPSA) is 90.1 Å². The molecule has 1 aliphatic heterocycles. The van der Waals surface area contributed by atoms with Crippen LogP contribution in [0.25, 0.3) is 6.08 Å². The molecule has 2 heterocycles. The summed E-state index contributed by atoms with van der Waals surface area (Å²) < 4.78 is 12.6.